The maximum Gasteiger partial charge on any atom is 0.302 e. The van der Waals surface area contributed by atoms with E-state index in [9.17, 15) is 14.7 Å². The number of aliphatic hydroxyl groups is 1. The Morgan fingerprint density at radius 1 is 1.09 bits per heavy atom. The highest BCUT2D eigenvalue weighted by Gasteiger charge is 2.70. The van der Waals surface area contributed by atoms with Crippen LogP contribution in [-0.4, -0.2) is 35.9 Å². The molecule has 0 aromatic rings. The highest BCUT2D eigenvalue weighted by Crippen LogP contribution is 2.73. The zero-order valence-corrected chi connectivity index (χ0v) is 20.6. The Balaban J connectivity index is 1.63. The van der Waals surface area contributed by atoms with Gasteiger partial charge in [0.1, 0.15) is 11.9 Å². The van der Waals surface area contributed by atoms with Gasteiger partial charge in [-0.25, -0.2) is 0 Å². The number of fused-ring (bicyclic) bond motifs is 7. The molecule has 5 heteroatoms. The van der Waals surface area contributed by atoms with Gasteiger partial charge in [0, 0.05) is 30.1 Å². The molecule has 5 nitrogen and oxygen atoms in total. The quantitative estimate of drug-likeness (QED) is 0.470. The lowest BCUT2D eigenvalue weighted by atomic mass is 9.34. The Labute approximate surface area is 192 Å². The van der Waals surface area contributed by atoms with E-state index in [1.807, 2.05) is 0 Å². The summed E-state index contributed by atoms with van der Waals surface area (Å²) in [4.78, 5) is 25.2. The molecule has 9 atom stereocenters. The third kappa shape index (κ3) is 2.70. The molecule has 1 heterocycles. The highest BCUT2D eigenvalue weighted by atomic mass is 16.6. The first-order valence-corrected chi connectivity index (χ1v) is 12.6. The molecule has 1 aliphatic heterocycles. The van der Waals surface area contributed by atoms with Crippen molar-refractivity contribution in [3.8, 4) is 0 Å². The molecular formula is C27H40O5. The van der Waals surface area contributed by atoms with Crippen LogP contribution in [0, 0.1) is 45.3 Å². The van der Waals surface area contributed by atoms with Gasteiger partial charge in [-0.05, 0) is 66.3 Å². The number of hydrogen-bond donors (Lipinski definition) is 1. The van der Waals surface area contributed by atoms with Gasteiger partial charge in [0.05, 0.1) is 6.61 Å². The molecule has 3 saturated carbocycles. The normalized spacial score (nSPS) is 51.6. The summed E-state index contributed by atoms with van der Waals surface area (Å²) in [6.07, 6.45) is 6.65. The summed E-state index contributed by atoms with van der Waals surface area (Å²) < 4.78 is 11.8. The van der Waals surface area contributed by atoms with Crippen molar-refractivity contribution in [3.05, 3.63) is 11.6 Å². The summed E-state index contributed by atoms with van der Waals surface area (Å²) >= 11 is 0. The first-order chi connectivity index (χ1) is 14.9. The van der Waals surface area contributed by atoms with E-state index in [-0.39, 0.29) is 39.7 Å². The van der Waals surface area contributed by atoms with Crippen molar-refractivity contribution in [2.75, 3.05) is 6.61 Å². The summed E-state index contributed by atoms with van der Waals surface area (Å²) in [6.45, 7) is 13.4. The molecule has 5 rings (SSSR count). The van der Waals surface area contributed by atoms with Crippen LogP contribution in [0.15, 0.2) is 11.6 Å². The Hall–Kier alpha value is -1.20. The molecule has 5 aliphatic rings. The van der Waals surface area contributed by atoms with Crippen molar-refractivity contribution in [3.63, 3.8) is 0 Å². The van der Waals surface area contributed by atoms with Gasteiger partial charge in [0.15, 0.2) is 6.29 Å². The van der Waals surface area contributed by atoms with Gasteiger partial charge >= 0.3 is 5.97 Å². The molecule has 0 bridgehead atoms. The molecule has 0 radical (unpaired) electrons. The zero-order chi connectivity index (χ0) is 23.3. The molecule has 4 aliphatic carbocycles. The van der Waals surface area contributed by atoms with Crippen LogP contribution in [0.3, 0.4) is 0 Å². The number of carbonyl (C=O) groups excluding carboxylic acids is 2. The molecule has 0 amide bonds. The van der Waals surface area contributed by atoms with Crippen LogP contribution in [0.25, 0.3) is 0 Å². The second-order valence-corrected chi connectivity index (χ2v) is 12.7. The van der Waals surface area contributed by atoms with Crippen molar-refractivity contribution >= 4 is 11.8 Å². The van der Waals surface area contributed by atoms with Crippen LogP contribution in [0.2, 0.25) is 0 Å². The lowest BCUT2D eigenvalue weighted by Gasteiger charge is -2.70. The molecule has 4 fully saturated rings. The van der Waals surface area contributed by atoms with Gasteiger partial charge in [-0.1, -0.05) is 40.7 Å². The molecule has 0 spiro atoms. The smallest absolute Gasteiger partial charge is 0.302 e. The maximum atomic E-state index is 12.9. The first-order valence-electron chi connectivity index (χ1n) is 12.6. The molecule has 32 heavy (non-hydrogen) atoms. The minimum Gasteiger partial charge on any atom is -0.462 e. The van der Waals surface area contributed by atoms with Gasteiger partial charge in [-0.2, -0.15) is 0 Å². The number of rotatable bonds is 1. The number of carbonyl (C=O) groups is 2. The van der Waals surface area contributed by atoms with E-state index < -0.39 is 6.29 Å². The third-order valence-corrected chi connectivity index (χ3v) is 11.2. The average molecular weight is 445 g/mol. The van der Waals surface area contributed by atoms with Crippen LogP contribution >= 0.6 is 0 Å². The molecular weight excluding hydrogens is 404 g/mol. The van der Waals surface area contributed by atoms with E-state index in [4.69, 9.17) is 9.47 Å². The fraction of sp³-hybridized carbons (Fsp3) is 0.852. The van der Waals surface area contributed by atoms with Crippen LogP contribution in [0.5, 0.6) is 0 Å². The van der Waals surface area contributed by atoms with Crippen molar-refractivity contribution in [1.29, 1.82) is 0 Å². The average Bonchev–Trinajstić information content (AvgIpc) is 3.08. The fourth-order valence-electron chi connectivity index (χ4n) is 9.77. The Bertz CT molecular complexity index is 875. The Morgan fingerprint density at radius 3 is 2.47 bits per heavy atom. The van der Waals surface area contributed by atoms with E-state index in [0.29, 0.717) is 36.6 Å². The standard InChI is InChI=1S/C27H40O5/c1-15(28)32-21-13-19-25(4)12-10-20(29)24(2,3)17(25)9-11-26(19,5)18-8-7-16-14-31-23(30)22(16)27(18,21)6/h7,17-19,21-23,30H,8-14H2,1-6H3. The Kier molecular flexibility index (Phi) is 4.88. The summed E-state index contributed by atoms with van der Waals surface area (Å²) in [5.74, 6) is 1.04. The van der Waals surface area contributed by atoms with Crippen molar-refractivity contribution in [2.45, 2.75) is 92.5 Å². The minimum atomic E-state index is -0.842. The molecule has 0 aromatic carbocycles. The number of hydrogen-bond acceptors (Lipinski definition) is 5. The second-order valence-electron chi connectivity index (χ2n) is 12.7. The van der Waals surface area contributed by atoms with Crippen molar-refractivity contribution in [1.82, 2.24) is 0 Å². The lowest BCUT2D eigenvalue weighted by molar-refractivity contribution is -0.250. The number of ketones is 1. The molecule has 178 valence electrons. The molecule has 9 unspecified atom stereocenters. The highest BCUT2D eigenvalue weighted by molar-refractivity contribution is 5.85. The third-order valence-electron chi connectivity index (χ3n) is 11.2. The maximum absolute atomic E-state index is 12.9. The van der Waals surface area contributed by atoms with Crippen molar-refractivity contribution < 1.29 is 24.2 Å². The van der Waals surface area contributed by atoms with Gasteiger partial charge in [0.2, 0.25) is 0 Å². The van der Waals surface area contributed by atoms with Gasteiger partial charge in [-0.3, -0.25) is 9.59 Å². The van der Waals surface area contributed by atoms with Gasteiger partial charge < -0.3 is 14.6 Å². The summed E-state index contributed by atoms with van der Waals surface area (Å²) in [5, 5.41) is 10.9. The van der Waals surface area contributed by atoms with E-state index >= 15 is 0 Å². The van der Waals surface area contributed by atoms with Crippen LogP contribution in [0.4, 0.5) is 0 Å². The monoisotopic (exact) mass is 444 g/mol. The number of esters is 1. The SMILES string of the molecule is CC(=O)OC1CC2C3(C)CCC(=O)C(C)(C)C3CCC2(C)C2CC=C3COC(O)C3C12C. The molecule has 0 aromatic heterocycles. The predicted molar refractivity (Wildman–Crippen MR) is 120 cm³/mol. The summed E-state index contributed by atoms with van der Waals surface area (Å²) in [5.41, 5.74) is 0.609. The number of allylic oxidation sites excluding steroid dienone is 1. The minimum absolute atomic E-state index is 0.0406. The van der Waals surface area contributed by atoms with E-state index in [1.165, 1.54) is 12.5 Å². The van der Waals surface area contributed by atoms with Crippen LogP contribution in [0.1, 0.15) is 80.1 Å². The lowest BCUT2D eigenvalue weighted by Crippen LogP contribution is -2.68. The van der Waals surface area contributed by atoms with E-state index in [2.05, 4.69) is 40.7 Å². The largest absolute Gasteiger partial charge is 0.462 e. The number of Topliss-reactive ketones (excluding diaryl/α,β-unsaturated/α-hetero) is 1. The molecule has 1 saturated heterocycles. The number of aliphatic hydroxyl groups excluding tert-OH is 1. The second kappa shape index (κ2) is 6.91. The zero-order valence-electron chi connectivity index (χ0n) is 20.6. The first kappa shape index (κ1) is 22.6. The number of ether oxygens (including phenoxy) is 2. The summed E-state index contributed by atoms with van der Waals surface area (Å²) in [6, 6.07) is 0. The van der Waals surface area contributed by atoms with Crippen molar-refractivity contribution in [2.24, 2.45) is 45.3 Å². The summed E-state index contributed by atoms with van der Waals surface area (Å²) in [7, 11) is 0. The fourth-order valence-corrected chi connectivity index (χ4v) is 9.77. The van der Waals surface area contributed by atoms with Crippen LogP contribution < -0.4 is 0 Å². The van der Waals surface area contributed by atoms with Gasteiger partial charge in [-0.15, -0.1) is 0 Å². The predicted octanol–water partition coefficient (Wildman–Crippen LogP) is 4.67. The van der Waals surface area contributed by atoms with Gasteiger partial charge in [0.25, 0.3) is 0 Å². The Morgan fingerprint density at radius 2 is 1.78 bits per heavy atom. The molecule has 1 N–H and O–H groups in total. The van der Waals surface area contributed by atoms with E-state index in [0.717, 1.165) is 32.1 Å². The van der Waals surface area contributed by atoms with E-state index in [1.54, 1.807) is 0 Å². The van der Waals surface area contributed by atoms with Crippen LogP contribution in [-0.2, 0) is 19.1 Å². The topological polar surface area (TPSA) is 72.8 Å².